The number of benzene rings is 1. The number of nitrogens with one attached hydrogen (secondary N) is 2. The van der Waals surface area contributed by atoms with E-state index in [9.17, 15) is 14.0 Å². The van der Waals surface area contributed by atoms with Crippen LogP contribution in [0, 0.1) is 5.82 Å². The average molecular weight is 289 g/mol. The number of ether oxygens (including phenoxy) is 1. The van der Waals surface area contributed by atoms with Crippen LogP contribution >= 0.6 is 11.6 Å². The fraction of sp³-hybridized carbons (Fsp3) is 0.333. The highest BCUT2D eigenvalue weighted by atomic mass is 35.5. The van der Waals surface area contributed by atoms with Crippen LogP contribution in [0.25, 0.3) is 0 Å². The van der Waals surface area contributed by atoms with E-state index in [1.54, 1.807) is 6.07 Å². The van der Waals surface area contributed by atoms with E-state index in [1.807, 2.05) is 0 Å². The fourth-order valence-corrected chi connectivity index (χ4v) is 1.61. The number of anilines is 1. The van der Waals surface area contributed by atoms with Crippen molar-refractivity contribution >= 4 is 29.2 Å². The molecule has 0 heterocycles. The van der Waals surface area contributed by atoms with Gasteiger partial charge in [0.1, 0.15) is 6.04 Å². The van der Waals surface area contributed by atoms with E-state index in [-0.39, 0.29) is 23.2 Å². The van der Waals surface area contributed by atoms with Gasteiger partial charge in [-0.15, -0.1) is 0 Å². The Kier molecular flexibility index (Phi) is 5.57. The number of hydrogen-bond donors (Lipinski definition) is 2. The van der Waals surface area contributed by atoms with Crippen LogP contribution in [0.15, 0.2) is 18.2 Å². The molecule has 1 amide bonds. The SMILES string of the molecule is COC(=O)C(CNc1cccc(Cl)c1F)NC(C)=O. The Hall–Kier alpha value is -1.82. The highest BCUT2D eigenvalue weighted by Gasteiger charge is 2.20. The highest BCUT2D eigenvalue weighted by molar-refractivity contribution is 6.31. The molecular formula is C12H14ClFN2O3. The van der Waals surface area contributed by atoms with Gasteiger partial charge in [-0.2, -0.15) is 0 Å². The number of esters is 1. The van der Waals surface area contributed by atoms with Gasteiger partial charge in [0, 0.05) is 13.5 Å². The Bertz CT molecular complexity index is 482. The van der Waals surface area contributed by atoms with Gasteiger partial charge in [-0.05, 0) is 12.1 Å². The van der Waals surface area contributed by atoms with Crippen molar-refractivity contribution in [1.82, 2.24) is 5.32 Å². The fourth-order valence-electron chi connectivity index (χ4n) is 1.43. The molecule has 104 valence electrons. The van der Waals surface area contributed by atoms with Crippen LogP contribution in [0.1, 0.15) is 6.92 Å². The summed E-state index contributed by atoms with van der Waals surface area (Å²) in [7, 11) is 1.21. The minimum Gasteiger partial charge on any atom is -0.467 e. The predicted octanol–water partition coefficient (Wildman–Crippen LogP) is 1.57. The molecule has 0 saturated heterocycles. The van der Waals surface area contributed by atoms with Crippen LogP contribution in [0.5, 0.6) is 0 Å². The molecule has 1 aromatic rings. The van der Waals surface area contributed by atoms with Gasteiger partial charge in [-0.25, -0.2) is 9.18 Å². The molecule has 1 unspecified atom stereocenters. The zero-order chi connectivity index (χ0) is 14.4. The molecule has 0 spiro atoms. The second-order valence-electron chi connectivity index (χ2n) is 3.76. The maximum atomic E-state index is 13.6. The van der Waals surface area contributed by atoms with Crippen molar-refractivity contribution in [2.75, 3.05) is 19.0 Å². The molecule has 0 bridgehead atoms. The first kappa shape index (κ1) is 15.2. The van der Waals surface area contributed by atoms with Crippen molar-refractivity contribution < 1.29 is 18.7 Å². The average Bonchev–Trinajstić information content (AvgIpc) is 2.37. The molecule has 0 saturated carbocycles. The molecule has 0 radical (unpaired) electrons. The number of halogens is 2. The molecule has 1 atom stereocenters. The lowest BCUT2D eigenvalue weighted by Crippen LogP contribution is -2.45. The number of hydrogen-bond acceptors (Lipinski definition) is 4. The van der Waals surface area contributed by atoms with E-state index in [0.29, 0.717) is 0 Å². The number of carbonyl (C=O) groups excluding carboxylic acids is 2. The summed E-state index contributed by atoms with van der Waals surface area (Å²) in [6.45, 7) is 1.26. The third-order valence-corrected chi connectivity index (χ3v) is 2.60. The van der Waals surface area contributed by atoms with Crippen LogP contribution < -0.4 is 10.6 Å². The number of carbonyl (C=O) groups is 2. The van der Waals surface area contributed by atoms with E-state index >= 15 is 0 Å². The van der Waals surface area contributed by atoms with E-state index in [0.717, 1.165) is 0 Å². The summed E-state index contributed by atoms with van der Waals surface area (Å²) in [5.74, 6) is -1.62. The Balaban J connectivity index is 2.73. The Labute approximate surface area is 115 Å². The number of amides is 1. The first-order chi connectivity index (χ1) is 8.95. The lowest BCUT2D eigenvalue weighted by molar-refractivity contribution is -0.144. The third kappa shape index (κ3) is 4.40. The Morgan fingerprint density at radius 2 is 2.16 bits per heavy atom. The summed E-state index contributed by atoms with van der Waals surface area (Å²) in [6.07, 6.45) is 0. The molecule has 19 heavy (non-hydrogen) atoms. The molecule has 1 aromatic carbocycles. The molecule has 5 nitrogen and oxygen atoms in total. The third-order valence-electron chi connectivity index (χ3n) is 2.31. The van der Waals surface area contributed by atoms with Crippen molar-refractivity contribution in [3.63, 3.8) is 0 Å². The van der Waals surface area contributed by atoms with Crippen molar-refractivity contribution in [3.05, 3.63) is 29.0 Å². The molecule has 2 N–H and O–H groups in total. The standard InChI is InChI=1S/C12H14ClFN2O3/c1-7(17)16-10(12(18)19-2)6-15-9-5-3-4-8(13)11(9)14/h3-5,10,15H,6H2,1-2H3,(H,16,17). The van der Waals surface area contributed by atoms with Gasteiger partial charge >= 0.3 is 5.97 Å². The van der Waals surface area contributed by atoms with Gasteiger partial charge in [0.2, 0.25) is 5.91 Å². The number of methoxy groups -OCH3 is 1. The van der Waals surface area contributed by atoms with Gasteiger partial charge in [-0.1, -0.05) is 17.7 Å². The monoisotopic (exact) mass is 288 g/mol. The number of rotatable bonds is 5. The second kappa shape index (κ2) is 6.94. The van der Waals surface area contributed by atoms with Crippen molar-refractivity contribution in [2.24, 2.45) is 0 Å². The van der Waals surface area contributed by atoms with E-state index in [1.165, 1.54) is 26.2 Å². The molecule has 0 aliphatic heterocycles. The second-order valence-corrected chi connectivity index (χ2v) is 4.17. The van der Waals surface area contributed by atoms with Gasteiger partial charge in [0.15, 0.2) is 5.82 Å². The van der Waals surface area contributed by atoms with Gasteiger partial charge in [0.25, 0.3) is 0 Å². The first-order valence-corrected chi connectivity index (χ1v) is 5.86. The zero-order valence-corrected chi connectivity index (χ0v) is 11.3. The van der Waals surface area contributed by atoms with Gasteiger partial charge in [0.05, 0.1) is 17.8 Å². The zero-order valence-electron chi connectivity index (χ0n) is 10.5. The molecule has 1 rings (SSSR count). The minimum absolute atomic E-state index is 0.0104. The van der Waals surface area contributed by atoms with Crippen molar-refractivity contribution in [2.45, 2.75) is 13.0 Å². The molecular weight excluding hydrogens is 275 g/mol. The van der Waals surface area contributed by atoms with Gasteiger partial charge in [-0.3, -0.25) is 4.79 Å². The Morgan fingerprint density at radius 3 is 2.74 bits per heavy atom. The minimum atomic E-state index is -0.902. The topological polar surface area (TPSA) is 67.4 Å². The molecule has 0 aromatic heterocycles. The van der Waals surface area contributed by atoms with Crippen molar-refractivity contribution in [1.29, 1.82) is 0 Å². The highest BCUT2D eigenvalue weighted by Crippen LogP contribution is 2.21. The van der Waals surface area contributed by atoms with Crippen LogP contribution in [0.3, 0.4) is 0 Å². The summed E-state index contributed by atoms with van der Waals surface area (Å²) < 4.78 is 18.1. The van der Waals surface area contributed by atoms with E-state index in [2.05, 4.69) is 15.4 Å². The molecule has 0 aliphatic carbocycles. The van der Waals surface area contributed by atoms with Crippen LogP contribution in [-0.4, -0.2) is 31.6 Å². The summed E-state index contributed by atoms with van der Waals surface area (Å²) in [4.78, 5) is 22.4. The van der Waals surface area contributed by atoms with Crippen LogP contribution in [0.2, 0.25) is 5.02 Å². The Morgan fingerprint density at radius 1 is 1.47 bits per heavy atom. The molecule has 0 aliphatic rings. The van der Waals surface area contributed by atoms with E-state index < -0.39 is 17.8 Å². The lowest BCUT2D eigenvalue weighted by Gasteiger charge is -2.17. The van der Waals surface area contributed by atoms with Crippen molar-refractivity contribution in [3.8, 4) is 0 Å². The smallest absolute Gasteiger partial charge is 0.330 e. The summed E-state index contributed by atoms with van der Waals surface area (Å²) in [5, 5.41) is 5.07. The normalized spacial score (nSPS) is 11.6. The summed E-state index contributed by atoms with van der Waals surface area (Å²) in [5.41, 5.74) is 0.145. The molecule has 0 fully saturated rings. The lowest BCUT2D eigenvalue weighted by atomic mass is 10.2. The first-order valence-electron chi connectivity index (χ1n) is 5.48. The van der Waals surface area contributed by atoms with Gasteiger partial charge < -0.3 is 15.4 Å². The maximum Gasteiger partial charge on any atom is 0.330 e. The largest absolute Gasteiger partial charge is 0.467 e. The van der Waals surface area contributed by atoms with E-state index in [4.69, 9.17) is 11.6 Å². The van der Waals surface area contributed by atoms with Crippen LogP contribution in [-0.2, 0) is 14.3 Å². The van der Waals surface area contributed by atoms with Crippen LogP contribution in [0.4, 0.5) is 10.1 Å². The summed E-state index contributed by atoms with van der Waals surface area (Å²) in [6, 6.07) is 3.55. The summed E-state index contributed by atoms with van der Waals surface area (Å²) >= 11 is 5.63. The maximum absolute atomic E-state index is 13.6. The molecule has 7 heteroatoms. The predicted molar refractivity (Wildman–Crippen MR) is 69.5 cm³/mol. The quantitative estimate of drug-likeness (QED) is 0.807.